The van der Waals surface area contributed by atoms with Gasteiger partial charge in [-0.05, 0) is 79.5 Å². The summed E-state index contributed by atoms with van der Waals surface area (Å²) in [4.78, 5) is 12.3. The quantitative estimate of drug-likeness (QED) is 0.263. The molecule has 6 heteroatoms. The Balaban J connectivity index is 1.42. The normalized spacial score (nSPS) is 21.8. The van der Waals surface area contributed by atoms with Gasteiger partial charge in [0.05, 0.1) is 18.9 Å². The molecule has 0 N–H and O–H groups in total. The average molecular weight is 554 g/mol. The molecule has 1 saturated carbocycles. The van der Waals surface area contributed by atoms with Gasteiger partial charge in [0.1, 0.15) is 11.6 Å². The molecule has 40 heavy (non-hydrogen) atoms. The predicted octanol–water partition coefficient (Wildman–Crippen LogP) is 8.41. The maximum atomic E-state index is 15.0. The number of aliphatic imine (C=N–C) groups is 1. The fourth-order valence-electron chi connectivity index (χ4n) is 6.17. The fraction of sp³-hybridized carbons (Fsp3) is 0.353. The summed E-state index contributed by atoms with van der Waals surface area (Å²) in [7, 11) is 3.61. The maximum Gasteiger partial charge on any atom is 0.127 e. The second-order valence-corrected chi connectivity index (χ2v) is 12.1. The largest absolute Gasteiger partial charge is 0.496 e. The lowest BCUT2D eigenvalue weighted by atomic mass is 9.90. The van der Waals surface area contributed by atoms with Gasteiger partial charge in [-0.2, -0.15) is 0 Å². The molecule has 2 heterocycles. The molecule has 2 aliphatic carbocycles. The summed E-state index contributed by atoms with van der Waals surface area (Å²) < 4.78 is 20.9. The number of hydrogen-bond donors (Lipinski definition) is 0. The zero-order valence-corrected chi connectivity index (χ0v) is 24.3. The van der Waals surface area contributed by atoms with Crippen molar-refractivity contribution in [3.05, 3.63) is 101 Å². The number of hydrogen-bond acceptors (Lipinski definition) is 5. The van der Waals surface area contributed by atoms with Crippen LogP contribution in [0.5, 0.6) is 5.75 Å². The van der Waals surface area contributed by atoms with Crippen LogP contribution in [0.3, 0.4) is 0 Å². The summed E-state index contributed by atoms with van der Waals surface area (Å²) >= 11 is 1.83. The van der Waals surface area contributed by atoms with E-state index in [0.29, 0.717) is 12.5 Å². The molecule has 2 aromatic carbocycles. The van der Waals surface area contributed by atoms with Crippen LogP contribution in [-0.2, 0) is 6.54 Å². The Morgan fingerprint density at radius 1 is 1.15 bits per heavy atom. The van der Waals surface area contributed by atoms with E-state index in [1.165, 1.54) is 17.0 Å². The van der Waals surface area contributed by atoms with E-state index in [0.717, 1.165) is 65.0 Å². The highest BCUT2D eigenvalue weighted by Gasteiger charge is 2.40. The minimum absolute atomic E-state index is 0.0869. The van der Waals surface area contributed by atoms with Crippen LogP contribution in [0.2, 0.25) is 0 Å². The van der Waals surface area contributed by atoms with Crippen molar-refractivity contribution in [2.24, 2.45) is 10.9 Å². The van der Waals surface area contributed by atoms with Crippen LogP contribution < -0.4 is 4.74 Å². The summed E-state index contributed by atoms with van der Waals surface area (Å²) in [5.41, 5.74) is 8.44. The first-order chi connectivity index (χ1) is 19.6. The van der Waals surface area contributed by atoms with Gasteiger partial charge in [0.25, 0.3) is 0 Å². The highest BCUT2D eigenvalue weighted by Crippen LogP contribution is 2.53. The fourth-order valence-corrected chi connectivity index (χ4v) is 7.75. The number of pyridine rings is 1. The van der Waals surface area contributed by atoms with Gasteiger partial charge in [-0.3, -0.25) is 4.98 Å². The first-order valence-corrected chi connectivity index (χ1v) is 15.1. The molecule has 3 aliphatic rings. The summed E-state index contributed by atoms with van der Waals surface area (Å²) in [6.45, 7) is 2.90. The molecule has 1 aromatic heterocycles. The van der Waals surface area contributed by atoms with Crippen molar-refractivity contribution >= 4 is 18.0 Å². The minimum Gasteiger partial charge on any atom is -0.496 e. The first-order valence-electron chi connectivity index (χ1n) is 14.2. The first kappa shape index (κ1) is 26.8. The third-order valence-electron chi connectivity index (χ3n) is 8.34. The molecule has 1 fully saturated rings. The molecule has 206 valence electrons. The highest BCUT2D eigenvalue weighted by molar-refractivity contribution is 8.00. The standard InChI is InChI=1S/C34H36FN3OS/c1-22-32-29(35)7-4-8-31(32)40-34(22)33(24-11-12-24)38(28-14-9-23(10-15-28)19-36-2)21-27-18-25(13-16-30(27)39-3)26-6-5-17-37-20-26/h4-8,13-14,16-20,22-23,34H,9-12,15,21H2,1-3H3/t22?,23-,34?/m0/s1. The lowest BCUT2D eigenvalue weighted by Gasteiger charge is -2.37. The Kier molecular flexibility index (Phi) is 7.79. The Hall–Kier alpha value is -3.38. The molecule has 0 radical (unpaired) electrons. The number of fused-ring (bicyclic) bond motifs is 1. The number of methoxy groups -OCH3 is 1. The molecule has 3 aromatic rings. The lowest BCUT2D eigenvalue weighted by molar-refractivity contribution is 0.349. The van der Waals surface area contributed by atoms with Crippen LogP contribution in [0.4, 0.5) is 4.39 Å². The van der Waals surface area contributed by atoms with Gasteiger partial charge in [-0.25, -0.2) is 4.39 Å². The van der Waals surface area contributed by atoms with Gasteiger partial charge in [0, 0.05) is 64.6 Å². The van der Waals surface area contributed by atoms with E-state index in [-0.39, 0.29) is 17.0 Å². The Morgan fingerprint density at radius 2 is 2.02 bits per heavy atom. The van der Waals surface area contributed by atoms with Crippen molar-refractivity contribution in [3.8, 4) is 16.9 Å². The van der Waals surface area contributed by atoms with Crippen molar-refractivity contribution < 1.29 is 9.13 Å². The van der Waals surface area contributed by atoms with E-state index in [1.807, 2.05) is 37.1 Å². The number of rotatable bonds is 8. The SMILES string of the molecule is CN=C[C@H]1CC=C(N(Cc2cc(-c3cccnc3)ccc2OC)C(=C2CC2)C2Sc3cccc(F)c3C2C)CC1. The maximum absolute atomic E-state index is 15.0. The van der Waals surface area contributed by atoms with E-state index in [9.17, 15) is 0 Å². The topological polar surface area (TPSA) is 37.7 Å². The van der Waals surface area contributed by atoms with Gasteiger partial charge in [-0.15, -0.1) is 11.8 Å². The lowest BCUT2D eigenvalue weighted by Crippen LogP contribution is -2.31. The summed E-state index contributed by atoms with van der Waals surface area (Å²) in [5, 5.41) is 0.174. The molecule has 2 unspecified atom stereocenters. The molecule has 6 rings (SSSR count). The van der Waals surface area contributed by atoms with Crippen LogP contribution >= 0.6 is 11.8 Å². The molecular formula is C34H36FN3OS. The number of benzene rings is 2. The van der Waals surface area contributed by atoms with Crippen LogP contribution in [0.1, 0.15) is 56.1 Å². The van der Waals surface area contributed by atoms with Gasteiger partial charge in [0.2, 0.25) is 0 Å². The van der Waals surface area contributed by atoms with E-state index in [2.05, 4.69) is 64.4 Å². The van der Waals surface area contributed by atoms with E-state index < -0.39 is 0 Å². The average Bonchev–Trinajstić information content (AvgIpc) is 3.76. The van der Waals surface area contributed by atoms with E-state index in [4.69, 9.17) is 4.74 Å². The second-order valence-electron chi connectivity index (χ2n) is 11.0. The Labute approximate surface area is 241 Å². The summed E-state index contributed by atoms with van der Waals surface area (Å²) in [6.07, 6.45) is 13.5. The summed E-state index contributed by atoms with van der Waals surface area (Å²) in [6, 6.07) is 16.0. The van der Waals surface area contributed by atoms with Crippen molar-refractivity contribution in [1.29, 1.82) is 0 Å². The number of nitrogens with zero attached hydrogens (tertiary/aromatic N) is 3. The van der Waals surface area contributed by atoms with E-state index in [1.54, 1.807) is 19.4 Å². The number of aromatic nitrogens is 1. The zero-order chi connectivity index (χ0) is 27.6. The van der Waals surface area contributed by atoms with Crippen molar-refractivity contribution in [3.63, 3.8) is 0 Å². The van der Waals surface area contributed by atoms with Gasteiger partial charge < -0.3 is 14.6 Å². The van der Waals surface area contributed by atoms with Crippen molar-refractivity contribution in [2.45, 2.75) is 61.6 Å². The molecular weight excluding hydrogens is 517 g/mol. The molecule has 0 saturated heterocycles. The van der Waals surface area contributed by atoms with Crippen LogP contribution in [-0.4, -0.2) is 35.5 Å². The van der Waals surface area contributed by atoms with Gasteiger partial charge in [-0.1, -0.05) is 31.2 Å². The molecule has 1 aliphatic heterocycles. The molecule has 0 amide bonds. The third kappa shape index (κ3) is 5.34. The second kappa shape index (κ2) is 11.6. The predicted molar refractivity (Wildman–Crippen MR) is 162 cm³/mol. The minimum atomic E-state index is -0.0869. The number of thioether (sulfide) groups is 1. The Morgan fingerprint density at radius 3 is 2.70 bits per heavy atom. The molecule has 3 atom stereocenters. The van der Waals surface area contributed by atoms with Crippen molar-refractivity contribution in [2.75, 3.05) is 14.2 Å². The number of halogens is 1. The molecule has 4 nitrogen and oxygen atoms in total. The number of ether oxygens (including phenoxy) is 1. The molecule has 0 bridgehead atoms. The van der Waals surface area contributed by atoms with E-state index >= 15 is 4.39 Å². The van der Waals surface area contributed by atoms with Crippen LogP contribution in [0, 0.1) is 11.7 Å². The van der Waals surface area contributed by atoms with Gasteiger partial charge >= 0.3 is 0 Å². The number of allylic oxidation sites excluding steroid dienone is 3. The third-order valence-corrected chi connectivity index (χ3v) is 9.83. The van der Waals surface area contributed by atoms with Gasteiger partial charge in [0.15, 0.2) is 0 Å². The summed E-state index contributed by atoms with van der Waals surface area (Å²) in [5.74, 6) is 1.37. The van der Waals surface area contributed by atoms with Crippen LogP contribution in [0.25, 0.3) is 11.1 Å². The van der Waals surface area contributed by atoms with Crippen LogP contribution in [0.15, 0.2) is 93.9 Å². The monoisotopic (exact) mass is 553 g/mol. The highest BCUT2D eigenvalue weighted by atomic mass is 32.2. The van der Waals surface area contributed by atoms with Crippen molar-refractivity contribution in [1.82, 2.24) is 9.88 Å². The molecule has 0 spiro atoms. The Bertz CT molecular complexity index is 1480. The zero-order valence-electron chi connectivity index (χ0n) is 23.4. The smallest absolute Gasteiger partial charge is 0.127 e.